The van der Waals surface area contributed by atoms with Gasteiger partial charge in [0, 0.05) is 12.3 Å². The van der Waals surface area contributed by atoms with Gasteiger partial charge in [-0.3, -0.25) is 0 Å². The average molecular weight is 215 g/mol. The Morgan fingerprint density at radius 1 is 1.31 bits per heavy atom. The van der Waals surface area contributed by atoms with E-state index in [1.807, 2.05) is 18.2 Å². The van der Waals surface area contributed by atoms with E-state index in [-0.39, 0.29) is 12.7 Å². The minimum Gasteiger partial charge on any atom is -0.462 e. The molecule has 0 saturated heterocycles. The molecule has 1 unspecified atom stereocenters. The number of rotatable bonds is 4. The van der Waals surface area contributed by atoms with Crippen LogP contribution in [0.5, 0.6) is 0 Å². The highest BCUT2D eigenvalue weighted by Crippen LogP contribution is 2.24. The van der Waals surface area contributed by atoms with E-state index in [2.05, 4.69) is 18.2 Å². The molecule has 82 valence electrons. The summed E-state index contributed by atoms with van der Waals surface area (Å²) in [5.74, 6) is 0.875. The fraction of sp³-hybridized carbons (Fsp3) is 0.308. The van der Waals surface area contributed by atoms with Crippen molar-refractivity contribution in [2.45, 2.75) is 12.8 Å². The smallest absolute Gasteiger partial charge is 0.229 e. The first kappa shape index (κ1) is 10.6. The molecule has 1 aliphatic heterocycles. The van der Waals surface area contributed by atoms with Crippen LogP contribution < -0.4 is 0 Å². The summed E-state index contributed by atoms with van der Waals surface area (Å²) in [5, 5.41) is 8.80. The van der Waals surface area contributed by atoms with Crippen molar-refractivity contribution >= 4 is 0 Å². The van der Waals surface area contributed by atoms with Crippen molar-refractivity contribution in [1.82, 2.24) is 0 Å². The molecule has 1 aromatic carbocycles. The fourth-order valence-electron chi connectivity index (χ4n) is 1.75. The maximum atomic E-state index is 8.80. The molecule has 1 heterocycles. The van der Waals surface area contributed by atoms with E-state index < -0.39 is 0 Å². The Hall–Kier alpha value is -1.95. The molecule has 1 atom stereocenters. The maximum absolute atomic E-state index is 8.80. The summed E-state index contributed by atoms with van der Waals surface area (Å²) >= 11 is 0. The van der Waals surface area contributed by atoms with E-state index in [0.29, 0.717) is 6.42 Å². The number of hydrogen-bond donors (Lipinski definition) is 0. The molecule has 0 saturated carbocycles. The van der Waals surface area contributed by atoms with Crippen molar-refractivity contribution in [3.63, 3.8) is 0 Å². The Balaban J connectivity index is 2.06. The van der Waals surface area contributed by atoms with Gasteiger partial charge in [-0.05, 0) is 12.0 Å². The third kappa shape index (κ3) is 2.54. The molecule has 1 aliphatic rings. The molecular formula is C13H13NO2. The SMILES string of the molecule is N#CCC(Cc1ccccc1)C1=COCO1. The largest absolute Gasteiger partial charge is 0.462 e. The predicted octanol–water partition coefficient (Wildman–Crippen LogP) is 2.60. The lowest BCUT2D eigenvalue weighted by Crippen LogP contribution is -2.08. The molecule has 3 heteroatoms. The van der Waals surface area contributed by atoms with Crippen LogP contribution in [0.2, 0.25) is 0 Å². The molecule has 0 N–H and O–H groups in total. The number of benzene rings is 1. The standard InChI is InChI=1S/C13H13NO2/c14-7-6-12(13-9-15-10-16-13)8-11-4-2-1-3-5-11/h1-5,9,12H,6,8,10H2. The first-order valence-electron chi connectivity index (χ1n) is 5.25. The first-order chi connectivity index (χ1) is 7.90. The van der Waals surface area contributed by atoms with Crippen molar-refractivity contribution in [2.75, 3.05) is 6.79 Å². The topological polar surface area (TPSA) is 42.2 Å². The Morgan fingerprint density at radius 2 is 2.12 bits per heavy atom. The van der Waals surface area contributed by atoms with E-state index in [0.717, 1.165) is 12.2 Å². The summed E-state index contributed by atoms with van der Waals surface area (Å²) in [4.78, 5) is 0. The molecule has 0 aliphatic carbocycles. The van der Waals surface area contributed by atoms with Crippen LogP contribution in [0.1, 0.15) is 12.0 Å². The monoisotopic (exact) mass is 215 g/mol. The maximum Gasteiger partial charge on any atom is 0.229 e. The summed E-state index contributed by atoms with van der Waals surface area (Å²) in [6.45, 7) is 0.270. The Kier molecular flexibility index (Phi) is 3.45. The van der Waals surface area contributed by atoms with Crippen molar-refractivity contribution < 1.29 is 9.47 Å². The number of hydrogen-bond acceptors (Lipinski definition) is 3. The zero-order valence-electron chi connectivity index (χ0n) is 8.93. The summed E-state index contributed by atoms with van der Waals surface area (Å²) in [5.41, 5.74) is 1.21. The predicted molar refractivity (Wildman–Crippen MR) is 59.0 cm³/mol. The minimum absolute atomic E-state index is 0.0925. The van der Waals surface area contributed by atoms with Crippen LogP contribution in [0.15, 0.2) is 42.4 Å². The van der Waals surface area contributed by atoms with E-state index in [1.165, 1.54) is 5.56 Å². The summed E-state index contributed by atoms with van der Waals surface area (Å²) in [7, 11) is 0. The quantitative estimate of drug-likeness (QED) is 0.775. The molecule has 0 amide bonds. The molecule has 16 heavy (non-hydrogen) atoms. The third-order valence-corrected chi connectivity index (χ3v) is 2.56. The van der Waals surface area contributed by atoms with E-state index >= 15 is 0 Å². The van der Waals surface area contributed by atoms with Crippen LogP contribution in [0.4, 0.5) is 0 Å². The van der Waals surface area contributed by atoms with Crippen LogP contribution in [0.3, 0.4) is 0 Å². The van der Waals surface area contributed by atoms with Crippen LogP contribution >= 0.6 is 0 Å². The molecule has 0 radical (unpaired) electrons. The highest BCUT2D eigenvalue weighted by atomic mass is 16.7. The molecule has 0 fully saturated rings. The number of ether oxygens (including phenoxy) is 2. The van der Waals surface area contributed by atoms with Crippen molar-refractivity contribution in [1.29, 1.82) is 5.26 Å². The van der Waals surface area contributed by atoms with Gasteiger partial charge in [-0.25, -0.2) is 0 Å². The summed E-state index contributed by atoms with van der Waals surface area (Å²) in [6, 6.07) is 12.3. The minimum atomic E-state index is 0.0925. The van der Waals surface area contributed by atoms with Crippen molar-refractivity contribution in [3.8, 4) is 6.07 Å². The van der Waals surface area contributed by atoms with Gasteiger partial charge in [0.15, 0.2) is 0 Å². The Bertz CT molecular complexity index is 406. The molecule has 2 rings (SSSR count). The van der Waals surface area contributed by atoms with E-state index in [1.54, 1.807) is 6.26 Å². The molecule has 0 bridgehead atoms. The second kappa shape index (κ2) is 5.22. The fourth-order valence-corrected chi connectivity index (χ4v) is 1.75. The third-order valence-electron chi connectivity index (χ3n) is 2.56. The van der Waals surface area contributed by atoms with Gasteiger partial charge in [0.2, 0.25) is 6.79 Å². The lowest BCUT2D eigenvalue weighted by molar-refractivity contribution is 0.0707. The van der Waals surface area contributed by atoms with Gasteiger partial charge in [0.1, 0.15) is 12.0 Å². The lowest BCUT2D eigenvalue weighted by Gasteiger charge is -2.13. The van der Waals surface area contributed by atoms with Crippen LogP contribution in [0.25, 0.3) is 0 Å². The van der Waals surface area contributed by atoms with Crippen LogP contribution in [-0.4, -0.2) is 6.79 Å². The zero-order valence-corrected chi connectivity index (χ0v) is 8.93. The van der Waals surface area contributed by atoms with E-state index in [9.17, 15) is 0 Å². The van der Waals surface area contributed by atoms with Gasteiger partial charge in [-0.15, -0.1) is 0 Å². The second-order valence-corrected chi connectivity index (χ2v) is 3.70. The van der Waals surface area contributed by atoms with Gasteiger partial charge >= 0.3 is 0 Å². The molecule has 3 nitrogen and oxygen atoms in total. The lowest BCUT2D eigenvalue weighted by atomic mass is 9.95. The number of allylic oxidation sites excluding steroid dienone is 1. The number of nitrogens with zero attached hydrogens (tertiary/aromatic N) is 1. The van der Waals surface area contributed by atoms with Gasteiger partial charge in [-0.2, -0.15) is 5.26 Å². The average Bonchev–Trinajstić information content (AvgIpc) is 2.83. The summed E-state index contributed by atoms with van der Waals surface area (Å²) < 4.78 is 10.4. The molecular weight excluding hydrogens is 202 g/mol. The second-order valence-electron chi connectivity index (χ2n) is 3.70. The first-order valence-corrected chi connectivity index (χ1v) is 5.25. The Morgan fingerprint density at radius 3 is 2.75 bits per heavy atom. The van der Waals surface area contributed by atoms with Crippen LogP contribution in [0, 0.1) is 17.2 Å². The van der Waals surface area contributed by atoms with Crippen LogP contribution in [-0.2, 0) is 15.9 Å². The normalized spacial score (nSPS) is 15.6. The number of nitriles is 1. The highest BCUT2D eigenvalue weighted by molar-refractivity contribution is 5.18. The van der Waals surface area contributed by atoms with Crippen molar-refractivity contribution in [3.05, 3.63) is 47.9 Å². The zero-order chi connectivity index (χ0) is 11.2. The van der Waals surface area contributed by atoms with E-state index in [4.69, 9.17) is 14.7 Å². The van der Waals surface area contributed by atoms with Gasteiger partial charge in [-0.1, -0.05) is 30.3 Å². The summed E-state index contributed by atoms with van der Waals surface area (Å²) in [6.07, 6.45) is 2.87. The molecule has 0 aromatic heterocycles. The van der Waals surface area contributed by atoms with Gasteiger partial charge < -0.3 is 9.47 Å². The van der Waals surface area contributed by atoms with Gasteiger partial charge in [0.25, 0.3) is 0 Å². The highest BCUT2D eigenvalue weighted by Gasteiger charge is 2.20. The molecule has 0 spiro atoms. The van der Waals surface area contributed by atoms with Crippen molar-refractivity contribution in [2.24, 2.45) is 5.92 Å². The molecule has 1 aromatic rings. The Labute approximate surface area is 94.9 Å². The van der Waals surface area contributed by atoms with Gasteiger partial charge in [0.05, 0.1) is 6.07 Å².